The normalized spacial score (nSPS) is 10.2. The van der Waals surface area contributed by atoms with E-state index in [9.17, 15) is 4.39 Å². The summed E-state index contributed by atoms with van der Waals surface area (Å²) in [6.07, 6.45) is 6.27. The van der Waals surface area contributed by atoms with Crippen LogP contribution in [0.3, 0.4) is 0 Å². The van der Waals surface area contributed by atoms with Crippen LogP contribution in [0.4, 0.5) is 27.5 Å². The third-order valence-electron chi connectivity index (χ3n) is 3.75. The number of nitrogens with two attached hydrogens (primary N) is 1. The number of aromatic nitrogens is 2. The summed E-state index contributed by atoms with van der Waals surface area (Å²) in [4.78, 5) is 9.12. The first-order valence-corrected chi connectivity index (χ1v) is 9.17. The Morgan fingerprint density at radius 2 is 1.93 bits per heavy atom. The fourth-order valence-electron chi connectivity index (χ4n) is 2.35. The Balaban J connectivity index is 1.75. The van der Waals surface area contributed by atoms with Crippen LogP contribution in [0.25, 0.3) is 0 Å². The Bertz CT molecular complexity index is 1000. The summed E-state index contributed by atoms with van der Waals surface area (Å²) in [5.41, 5.74) is 2.47. The summed E-state index contributed by atoms with van der Waals surface area (Å²) in [7, 11) is 0. The number of halogens is 1. The number of rotatable bonds is 7. The Labute approximate surface area is 166 Å². The summed E-state index contributed by atoms with van der Waals surface area (Å²) in [6.45, 7) is 2.16. The molecule has 0 saturated carbocycles. The Hall–Kier alpha value is -3.28. The van der Waals surface area contributed by atoms with Gasteiger partial charge in [0.05, 0.1) is 6.20 Å². The van der Waals surface area contributed by atoms with Crippen molar-refractivity contribution < 1.29 is 9.13 Å². The third-order valence-corrected chi connectivity index (χ3v) is 4.45. The van der Waals surface area contributed by atoms with Crippen molar-refractivity contribution in [2.45, 2.75) is 11.8 Å². The maximum absolute atomic E-state index is 14.1. The van der Waals surface area contributed by atoms with Gasteiger partial charge in [-0.1, -0.05) is 12.0 Å². The number of aryl methyl sites for hydroxylation is 1. The minimum absolute atomic E-state index is 0.0512. The number of nitrogens with one attached hydrogen (secondary N) is 2. The predicted molar refractivity (Wildman–Crippen MR) is 111 cm³/mol. The highest BCUT2D eigenvalue weighted by Gasteiger charge is 2.09. The van der Waals surface area contributed by atoms with E-state index in [0.29, 0.717) is 11.4 Å². The highest BCUT2D eigenvalue weighted by Crippen LogP contribution is 2.25. The van der Waals surface area contributed by atoms with Gasteiger partial charge in [0, 0.05) is 16.3 Å². The zero-order valence-electron chi connectivity index (χ0n) is 15.1. The molecule has 0 aliphatic heterocycles. The first-order chi connectivity index (χ1) is 13.6. The lowest BCUT2D eigenvalue weighted by atomic mass is 10.2. The first kappa shape index (κ1) is 19.5. The topological polar surface area (TPSA) is 85.1 Å². The second-order valence-corrected chi connectivity index (χ2v) is 6.43. The van der Waals surface area contributed by atoms with Crippen molar-refractivity contribution in [2.24, 2.45) is 5.14 Å². The number of benzene rings is 2. The van der Waals surface area contributed by atoms with Crippen LogP contribution in [0.15, 0.2) is 53.6 Å². The summed E-state index contributed by atoms with van der Waals surface area (Å²) >= 11 is 1.16. The Kier molecular flexibility index (Phi) is 6.32. The van der Waals surface area contributed by atoms with Crippen LogP contribution in [0.2, 0.25) is 0 Å². The lowest BCUT2D eigenvalue weighted by molar-refractivity contribution is 0.370. The SMILES string of the molecule is C#CCOc1ccc(Nc2nc(Nc3ccc(C)c(SN)c3)ncc2F)cc1. The maximum atomic E-state index is 14.1. The van der Waals surface area contributed by atoms with Gasteiger partial charge in [-0.3, -0.25) is 5.14 Å². The summed E-state index contributed by atoms with van der Waals surface area (Å²) in [5, 5.41) is 11.6. The van der Waals surface area contributed by atoms with Crippen molar-refractivity contribution >= 4 is 35.1 Å². The molecule has 0 spiro atoms. The molecule has 0 bridgehead atoms. The zero-order valence-corrected chi connectivity index (χ0v) is 15.9. The van der Waals surface area contributed by atoms with E-state index < -0.39 is 5.82 Å². The van der Waals surface area contributed by atoms with Crippen molar-refractivity contribution in [3.05, 3.63) is 60.0 Å². The van der Waals surface area contributed by atoms with Crippen LogP contribution in [-0.4, -0.2) is 16.6 Å². The molecule has 0 radical (unpaired) electrons. The van der Waals surface area contributed by atoms with Gasteiger partial charge in [-0.15, -0.1) is 6.42 Å². The molecular weight excluding hydrogens is 377 g/mol. The van der Waals surface area contributed by atoms with Crippen LogP contribution < -0.4 is 20.5 Å². The standard InChI is InChI=1S/C20H18FN5OS/c1-3-10-27-16-8-6-14(7-9-16)24-19-17(21)12-23-20(26-19)25-15-5-4-13(2)18(11-15)28-22/h1,4-9,11-12H,10,22H2,2H3,(H2,23,24,25,26). The average molecular weight is 395 g/mol. The maximum Gasteiger partial charge on any atom is 0.229 e. The molecule has 0 aliphatic rings. The second kappa shape index (κ2) is 9.08. The van der Waals surface area contributed by atoms with E-state index in [1.165, 1.54) is 0 Å². The van der Waals surface area contributed by atoms with E-state index >= 15 is 0 Å². The molecule has 3 rings (SSSR count). The molecule has 142 valence electrons. The molecule has 2 aromatic carbocycles. The summed E-state index contributed by atoms with van der Waals surface area (Å²) < 4.78 is 19.4. The fraction of sp³-hybridized carbons (Fsp3) is 0.100. The molecule has 1 heterocycles. The van der Waals surface area contributed by atoms with Crippen molar-refractivity contribution in [1.29, 1.82) is 0 Å². The van der Waals surface area contributed by atoms with Gasteiger partial charge in [0.15, 0.2) is 11.6 Å². The van der Waals surface area contributed by atoms with Crippen LogP contribution in [0.1, 0.15) is 5.56 Å². The van der Waals surface area contributed by atoms with Crippen molar-refractivity contribution in [3.8, 4) is 18.1 Å². The monoisotopic (exact) mass is 395 g/mol. The molecule has 1 aromatic heterocycles. The Morgan fingerprint density at radius 1 is 1.18 bits per heavy atom. The van der Waals surface area contributed by atoms with Crippen LogP contribution >= 0.6 is 11.9 Å². The van der Waals surface area contributed by atoms with Gasteiger partial charge in [0.2, 0.25) is 5.95 Å². The molecule has 4 N–H and O–H groups in total. The lowest BCUT2D eigenvalue weighted by Gasteiger charge is -2.11. The molecule has 0 unspecified atom stereocenters. The molecule has 28 heavy (non-hydrogen) atoms. The molecule has 0 fully saturated rings. The molecule has 0 saturated heterocycles. The molecule has 6 nitrogen and oxygen atoms in total. The van der Waals surface area contributed by atoms with Gasteiger partial charge < -0.3 is 15.4 Å². The van der Waals surface area contributed by atoms with E-state index in [4.69, 9.17) is 16.3 Å². The van der Waals surface area contributed by atoms with Crippen molar-refractivity contribution in [3.63, 3.8) is 0 Å². The predicted octanol–water partition coefficient (Wildman–Crippen LogP) is 4.39. The molecule has 0 amide bonds. The number of terminal acetylenes is 1. The van der Waals surface area contributed by atoms with Gasteiger partial charge in [0.25, 0.3) is 0 Å². The number of ether oxygens (including phenoxy) is 1. The largest absolute Gasteiger partial charge is 0.481 e. The highest BCUT2D eigenvalue weighted by molar-refractivity contribution is 7.97. The molecule has 0 aliphatic carbocycles. The minimum atomic E-state index is -0.569. The molecule has 0 atom stereocenters. The van der Waals surface area contributed by atoms with Gasteiger partial charge in [-0.25, -0.2) is 9.37 Å². The summed E-state index contributed by atoms with van der Waals surface area (Å²) in [5.74, 6) is 2.76. The molecular formula is C20H18FN5OS. The van der Waals surface area contributed by atoms with E-state index in [0.717, 1.165) is 34.3 Å². The highest BCUT2D eigenvalue weighted by atomic mass is 32.2. The van der Waals surface area contributed by atoms with Crippen LogP contribution in [0, 0.1) is 25.1 Å². The number of anilines is 4. The number of hydrogen-bond donors (Lipinski definition) is 3. The average Bonchev–Trinajstić information content (AvgIpc) is 2.71. The van der Waals surface area contributed by atoms with Gasteiger partial charge >= 0.3 is 0 Å². The number of hydrogen-bond acceptors (Lipinski definition) is 7. The number of nitrogens with zero attached hydrogens (tertiary/aromatic N) is 2. The van der Waals surface area contributed by atoms with E-state index in [1.807, 2.05) is 25.1 Å². The quantitative estimate of drug-likeness (QED) is 0.404. The van der Waals surface area contributed by atoms with Gasteiger partial charge in [-0.2, -0.15) is 4.98 Å². The van der Waals surface area contributed by atoms with Crippen LogP contribution in [-0.2, 0) is 0 Å². The van der Waals surface area contributed by atoms with E-state index in [-0.39, 0.29) is 18.4 Å². The lowest BCUT2D eigenvalue weighted by Crippen LogP contribution is -2.03. The van der Waals surface area contributed by atoms with Crippen molar-refractivity contribution in [2.75, 3.05) is 17.2 Å². The zero-order chi connectivity index (χ0) is 19.9. The first-order valence-electron chi connectivity index (χ1n) is 8.29. The fourth-order valence-corrected chi connectivity index (χ4v) is 2.79. The smallest absolute Gasteiger partial charge is 0.229 e. The van der Waals surface area contributed by atoms with Gasteiger partial charge in [-0.05, 0) is 60.8 Å². The Morgan fingerprint density at radius 3 is 2.64 bits per heavy atom. The van der Waals surface area contributed by atoms with Crippen molar-refractivity contribution in [1.82, 2.24) is 9.97 Å². The molecule has 3 aromatic rings. The van der Waals surface area contributed by atoms with Crippen LogP contribution in [0.5, 0.6) is 5.75 Å². The molecule has 8 heteroatoms. The minimum Gasteiger partial charge on any atom is -0.481 e. The second-order valence-electron chi connectivity index (χ2n) is 5.76. The third kappa shape index (κ3) is 4.91. The summed E-state index contributed by atoms with van der Waals surface area (Å²) in [6, 6.07) is 12.6. The van der Waals surface area contributed by atoms with Gasteiger partial charge in [0.1, 0.15) is 12.4 Å². The van der Waals surface area contributed by atoms with E-state index in [1.54, 1.807) is 24.3 Å². The van der Waals surface area contributed by atoms with E-state index in [2.05, 4.69) is 26.5 Å².